The molecule has 0 aliphatic heterocycles. The van der Waals surface area contributed by atoms with Gasteiger partial charge >= 0.3 is 0 Å². The first-order valence-corrected chi connectivity index (χ1v) is 10.8. The lowest BCUT2D eigenvalue weighted by Gasteiger charge is -2.24. The number of ether oxygens (including phenoxy) is 2. The van der Waals surface area contributed by atoms with Crippen molar-refractivity contribution >= 4 is 17.6 Å². The monoisotopic (exact) mass is 424 g/mol. The number of carbonyl (C=O) groups excluding carboxylic acids is 1. The molecule has 0 atom stereocenters. The average Bonchev–Trinajstić information content (AvgIpc) is 2.74. The minimum absolute atomic E-state index is 0.122. The highest BCUT2D eigenvalue weighted by Crippen LogP contribution is 2.28. The lowest BCUT2D eigenvalue weighted by molar-refractivity contribution is -0.122. The lowest BCUT2D eigenvalue weighted by Crippen LogP contribution is -2.36. The summed E-state index contributed by atoms with van der Waals surface area (Å²) in [6, 6.07) is 13.7. The average molecular weight is 425 g/mol. The molecular formula is C24H32N4O3. The van der Waals surface area contributed by atoms with Gasteiger partial charge < -0.3 is 25.4 Å². The summed E-state index contributed by atoms with van der Waals surface area (Å²) in [5, 5.41) is 9.63. The van der Waals surface area contributed by atoms with Gasteiger partial charge in [-0.2, -0.15) is 0 Å². The first-order chi connectivity index (χ1) is 15.1. The number of methoxy groups -OCH3 is 2. The zero-order valence-electron chi connectivity index (χ0n) is 18.5. The zero-order chi connectivity index (χ0) is 22.1. The van der Waals surface area contributed by atoms with Crippen molar-refractivity contribution in [3.63, 3.8) is 0 Å². The predicted octanol–water partition coefficient (Wildman–Crippen LogP) is 3.70. The second kappa shape index (κ2) is 11.2. The van der Waals surface area contributed by atoms with E-state index in [0.29, 0.717) is 24.6 Å². The topological polar surface area (TPSA) is 84.0 Å². The first-order valence-electron chi connectivity index (χ1n) is 10.8. The molecule has 0 unspecified atom stereocenters. The van der Waals surface area contributed by atoms with E-state index in [4.69, 9.17) is 9.47 Å². The normalized spacial score (nSPS) is 13.8. The molecule has 0 bridgehead atoms. The molecule has 0 heterocycles. The first kappa shape index (κ1) is 22.5. The summed E-state index contributed by atoms with van der Waals surface area (Å²) in [4.78, 5) is 16.9. The SMILES string of the molecule is CCNC(=NCc1cccc(NC(=O)C2CCC2)c1)NCc1ccc(OC)c(OC)c1. The number of hydrogen-bond acceptors (Lipinski definition) is 4. The van der Waals surface area contributed by atoms with Crippen molar-refractivity contribution in [3.05, 3.63) is 53.6 Å². The fourth-order valence-electron chi connectivity index (χ4n) is 3.35. The molecule has 1 amide bonds. The van der Waals surface area contributed by atoms with Gasteiger partial charge in [0.2, 0.25) is 5.91 Å². The number of nitrogens with zero attached hydrogens (tertiary/aromatic N) is 1. The van der Waals surface area contributed by atoms with Crippen LogP contribution >= 0.6 is 0 Å². The van der Waals surface area contributed by atoms with Gasteiger partial charge in [-0.25, -0.2) is 4.99 Å². The molecular weight excluding hydrogens is 392 g/mol. The largest absolute Gasteiger partial charge is 0.493 e. The van der Waals surface area contributed by atoms with E-state index >= 15 is 0 Å². The summed E-state index contributed by atoms with van der Waals surface area (Å²) in [6.07, 6.45) is 3.14. The molecule has 3 rings (SSSR count). The van der Waals surface area contributed by atoms with E-state index in [9.17, 15) is 4.79 Å². The highest BCUT2D eigenvalue weighted by atomic mass is 16.5. The van der Waals surface area contributed by atoms with Crippen LogP contribution < -0.4 is 25.4 Å². The Morgan fingerprint density at radius 3 is 2.52 bits per heavy atom. The Balaban J connectivity index is 1.60. The molecule has 1 fully saturated rings. The summed E-state index contributed by atoms with van der Waals surface area (Å²) in [5.41, 5.74) is 2.92. The number of aliphatic imine (C=N–C) groups is 1. The molecule has 31 heavy (non-hydrogen) atoms. The van der Waals surface area contributed by atoms with Gasteiger partial charge in [0.15, 0.2) is 17.5 Å². The maximum Gasteiger partial charge on any atom is 0.227 e. The number of hydrogen-bond donors (Lipinski definition) is 3. The van der Waals surface area contributed by atoms with Gasteiger partial charge in [-0.1, -0.05) is 24.6 Å². The Bertz CT molecular complexity index is 909. The Kier molecular flexibility index (Phi) is 8.15. The van der Waals surface area contributed by atoms with Crippen LogP contribution in [0.15, 0.2) is 47.5 Å². The van der Waals surface area contributed by atoms with Crippen LogP contribution in [0.4, 0.5) is 5.69 Å². The third kappa shape index (κ3) is 6.38. The van der Waals surface area contributed by atoms with Gasteiger partial charge in [0.1, 0.15) is 0 Å². The number of rotatable bonds is 9. The van der Waals surface area contributed by atoms with E-state index in [2.05, 4.69) is 20.9 Å². The van der Waals surface area contributed by atoms with Crippen LogP contribution in [0.1, 0.15) is 37.3 Å². The molecule has 0 saturated heterocycles. The maximum atomic E-state index is 12.2. The number of benzene rings is 2. The van der Waals surface area contributed by atoms with Crippen molar-refractivity contribution < 1.29 is 14.3 Å². The molecule has 0 radical (unpaired) electrons. The second-order valence-corrected chi connectivity index (χ2v) is 7.56. The van der Waals surface area contributed by atoms with Crippen LogP contribution in [0.5, 0.6) is 11.5 Å². The molecule has 0 spiro atoms. The van der Waals surface area contributed by atoms with Gasteiger partial charge in [-0.15, -0.1) is 0 Å². The van der Waals surface area contributed by atoms with Gasteiger partial charge in [-0.05, 0) is 55.2 Å². The quantitative estimate of drug-likeness (QED) is 0.422. The molecule has 1 aliphatic carbocycles. The van der Waals surface area contributed by atoms with Crippen molar-refractivity contribution in [2.24, 2.45) is 10.9 Å². The fourth-order valence-corrected chi connectivity index (χ4v) is 3.35. The number of anilines is 1. The van der Waals surface area contributed by atoms with Gasteiger partial charge in [0.25, 0.3) is 0 Å². The maximum absolute atomic E-state index is 12.2. The van der Waals surface area contributed by atoms with Crippen LogP contribution in [0.25, 0.3) is 0 Å². The number of guanidine groups is 1. The predicted molar refractivity (Wildman–Crippen MR) is 124 cm³/mol. The van der Waals surface area contributed by atoms with Crippen molar-refractivity contribution in [3.8, 4) is 11.5 Å². The second-order valence-electron chi connectivity index (χ2n) is 7.56. The Hall–Kier alpha value is -3.22. The third-order valence-corrected chi connectivity index (χ3v) is 5.34. The highest BCUT2D eigenvalue weighted by Gasteiger charge is 2.25. The van der Waals surface area contributed by atoms with Crippen molar-refractivity contribution in [1.82, 2.24) is 10.6 Å². The number of carbonyl (C=O) groups is 1. The minimum Gasteiger partial charge on any atom is -0.493 e. The molecule has 166 valence electrons. The summed E-state index contributed by atoms with van der Waals surface area (Å²) >= 11 is 0. The van der Waals surface area contributed by atoms with Crippen LogP contribution in [-0.4, -0.2) is 32.6 Å². The summed E-state index contributed by atoms with van der Waals surface area (Å²) in [6.45, 7) is 3.90. The molecule has 2 aromatic carbocycles. The van der Waals surface area contributed by atoms with Crippen LogP contribution in [0, 0.1) is 5.92 Å². The van der Waals surface area contributed by atoms with E-state index in [1.807, 2.05) is 49.4 Å². The van der Waals surface area contributed by atoms with Gasteiger partial charge in [0.05, 0.1) is 20.8 Å². The van der Waals surface area contributed by atoms with E-state index in [1.165, 1.54) is 0 Å². The minimum atomic E-state index is 0.122. The van der Waals surface area contributed by atoms with Gasteiger partial charge in [-0.3, -0.25) is 4.79 Å². The Morgan fingerprint density at radius 2 is 1.84 bits per heavy atom. The van der Waals surface area contributed by atoms with Crippen LogP contribution in [-0.2, 0) is 17.9 Å². The molecule has 2 aromatic rings. The summed E-state index contributed by atoms with van der Waals surface area (Å²) in [7, 11) is 3.25. The van der Waals surface area contributed by atoms with Crippen molar-refractivity contribution in [2.75, 3.05) is 26.1 Å². The molecule has 0 aromatic heterocycles. The molecule has 1 saturated carbocycles. The number of nitrogens with one attached hydrogen (secondary N) is 3. The fraction of sp³-hybridized carbons (Fsp3) is 0.417. The zero-order valence-corrected chi connectivity index (χ0v) is 18.5. The summed E-state index contributed by atoms with van der Waals surface area (Å²) < 4.78 is 10.7. The van der Waals surface area contributed by atoms with E-state index < -0.39 is 0 Å². The Labute approximate surface area is 184 Å². The lowest BCUT2D eigenvalue weighted by atomic mass is 9.85. The van der Waals surface area contributed by atoms with Crippen molar-refractivity contribution in [2.45, 2.75) is 39.3 Å². The van der Waals surface area contributed by atoms with Crippen LogP contribution in [0.2, 0.25) is 0 Å². The van der Waals surface area contributed by atoms with E-state index in [-0.39, 0.29) is 11.8 Å². The summed E-state index contributed by atoms with van der Waals surface area (Å²) in [5.74, 6) is 2.42. The van der Waals surface area contributed by atoms with Gasteiger partial charge in [0, 0.05) is 24.7 Å². The van der Waals surface area contributed by atoms with E-state index in [1.54, 1.807) is 14.2 Å². The highest BCUT2D eigenvalue weighted by molar-refractivity contribution is 5.93. The Morgan fingerprint density at radius 1 is 1.03 bits per heavy atom. The molecule has 3 N–H and O–H groups in total. The van der Waals surface area contributed by atoms with Crippen molar-refractivity contribution in [1.29, 1.82) is 0 Å². The molecule has 1 aliphatic rings. The molecule has 7 heteroatoms. The standard InChI is InChI=1S/C24H32N4O3/c1-4-25-24(27-16-18-11-12-21(30-2)22(14-18)31-3)26-15-17-7-5-10-20(13-17)28-23(29)19-8-6-9-19/h5,7,10-14,19H,4,6,8-9,15-16H2,1-3H3,(H,28,29)(H2,25,26,27). The molecule has 7 nitrogen and oxygen atoms in total. The third-order valence-electron chi connectivity index (χ3n) is 5.34. The smallest absolute Gasteiger partial charge is 0.227 e. The van der Waals surface area contributed by atoms with Crippen LogP contribution in [0.3, 0.4) is 0 Å². The number of amides is 1. The van der Waals surface area contributed by atoms with E-state index in [0.717, 1.165) is 48.6 Å².